The Bertz CT molecular complexity index is 736. The summed E-state index contributed by atoms with van der Waals surface area (Å²) in [7, 11) is -3.90. The van der Waals surface area contributed by atoms with Gasteiger partial charge in [-0.05, 0) is 38.6 Å². The lowest BCUT2D eigenvalue weighted by molar-refractivity contribution is -0.147. The molecule has 1 amide bonds. The number of amides is 1. The van der Waals surface area contributed by atoms with Crippen LogP contribution in [0, 0.1) is 5.92 Å². The number of hydrogen-bond acceptors (Lipinski definition) is 7. The van der Waals surface area contributed by atoms with Gasteiger partial charge in [-0.25, -0.2) is 8.42 Å². The van der Waals surface area contributed by atoms with Gasteiger partial charge in [0.1, 0.15) is 4.75 Å². The lowest BCUT2D eigenvalue weighted by Crippen LogP contribution is -2.54. The first kappa shape index (κ1) is 21.8. The van der Waals surface area contributed by atoms with Crippen LogP contribution in [0.4, 0.5) is 0 Å². The van der Waals surface area contributed by atoms with E-state index in [1.807, 2.05) is 17.5 Å². The third-order valence-electron chi connectivity index (χ3n) is 4.66. The fraction of sp³-hybridized carbons (Fsp3) is 0.667. The van der Waals surface area contributed by atoms with Crippen molar-refractivity contribution < 1.29 is 27.5 Å². The zero-order chi connectivity index (χ0) is 20.1. The highest BCUT2D eigenvalue weighted by molar-refractivity contribution is 7.93. The molecule has 0 spiro atoms. The molecule has 0 N–H and O–H groups in total. The van der Waals surface area contributed by atoms with Crippen molar-refractivity contribution in [2.24, 2.45) is 5.92 Å². The van der Waals surface area contributed by atoms with E-state index in [0.29, 0.717) is 26.3 Å². The van der Waals surface area contributed by atoms with E-state index in [1.54, 1.807) is 6.92 Å². The standard InChI is InChI=1S/C18H27NO6S2/c1-4-25-16(20)14(12-15-6-5-11-26-15)13-27(22,23)18(2,3)17(21)19-7-9-24-10-8-19/h5-6,11,14H,4,7-10,12-13H2,1-3H3. The minimum absolute atomic E-state index is 0.177. The molecule has 2 heterocycles. The number of carbonyl (C=O) groups excluding carboxylic acids is 2. The van der Waals surface area contributed by atoms with Crippen LogP contribution in [0.15, 0.2) is 17.5 Å². The molecule has 0 bridgehead atoms. The molecule has 1 aromatic rings. The molecule has 1 unspecified atom stereocenters. The second-order valence-electron chi connectivity index (χ2n) is 6.93. The average Bonchev–Trinajstić information content (AvgIpc) is 3.14. The van der Waals surface area contributed by atoms with Crippen LogP contribution in [0.2, 0.25) is 0 Å². The number of nitrogens with zero attached hydrogens (tertiary/aromatic N) is 1. The fourth-order valence-corrected chi connectivity index (χ4v) is 5.28. The van der Waals surface area contributed by atoms with Gasteiger partial charge in [0.15, 0.2) is 9.84 Å². The van der Waals surface area contributed by atoms with E-state index in [9.17, 15) is 18.0 Å². The Hall–Kier alpha value is -1.45. The Balaban J connectivity index is 2.19. The Morgan fingerprint density at radius 2 is 2.00 bits per heavy atom. The van der Waals surface area contributed by atoms with Crippen LogP contribution in [0.5, 0.6) is 0 Å². The monoisotopic (exact) mass is 417 g/mol. The number of morpholine rings is 1. The normalized spacial score (nSPS) is 16.8. The molecule has 2 rings (SSSR count). The van der Waals surface area contributed by atoms with Crippen LogP contribution in [0.25, 0.3) is 0 Å². The van der Waals surface area contributed by atoms with Gasteiger partial charge in [-0.3, -0.25) is 9.59 Å². The van der Waals surface area contributed by atoms with Crippen LogP contribution in [0.1, 0.15) is 25.6 Å². The molecule has 0 aromatic carbocycles. The van der Waals surface area contributed by atoms with Gasteiger partial charge in [0.05, 0.1) is 31.5 Å². The summed E-state index contributed by atoms with van der Waals surface area (Å²) < 4.78 is 34.9. The third kappa shape index (κ3) is 5.30. The summed E-state index contributed by atoms with van der Waals surface area (Å²) in [4.78, 5) is 27.6. The van der Waals surface area contributed by atoms with E-state index in [1.165, 1.54) is 30.1 Å². The third-order valence-corrected chi connectivity index (χ3v) is 8.13. The van der Waals surface area contributed by atoms with Crippen LogP contribution in [-0.4, -0.2) is 68.6 Å². The zero-order valence-electron chi connectivity index (χ0n) is 16.0. The van der Waals surface area contributed by atoms with Gasteiger partial charge in [-0.1, -0.05) is 6.07 Å². The minimum Gasteiger partial charge on any atom is -0.466 e. The maximum absolute atomic E-state index is 13.1. The molecule has 0 radical (unpaired) electrons. The minimum atomic E-state index is -3.90. The molecular weight excluding hydrogens is 390 g/mol. The van der Waals surface area contributed by atoms with Crippen LogP contribution < -0.4 is 0 Å². The number of rotatable bonds is 8. The smallest absolute Gasteiger partial charge is 0.310 e. The quantitative estimate of drug-likeness (QED) is 0.596. The van der Waals surface area contributed by atoms with Crippen molar-refractivity contribution in [1.82, 2.24) is 4.90 Å². The number of hydrogen-bond donors (Lipinski definition) is 0. The fourth-order valence-electron chi connectivity index (χ4n) is 2.90. The summed E-state index contributed by atoms with van der Waals surface area (Å²) >= 11 is 1.46. The predicted molar refractivity (Wildman–Crippen MR) is 103 cm³/mol. The van der Waals surface area contributed by atoms with E-state index in [4.69, 9.17) is 9.47 Å². The molecule has 7 nitrogen and oxygen atoms in total. The Morgan fingerprint density at radius 3 is 2.56 bits per heavy atom. The topological polar surface area (TPSA) is 90.0 Å². The Morgan fingerprint density at radius 1 is 1.33 bits per heavy atom. The molecule has 1 aliphatic heterocycles. The molecule has 27 heavy (non-hydrogen) atoms. The van der Waals surface area contributed by atoms with Gasteiger partial charge in [0.2, 0.25) is 5.91 Å². The van der Waals surface area contributed by atoms with Crippen molar-refractivity contribution in [2.75, 3.05) is 38.7 Å². The van der Waals surface area contributed by atoms with E-state index < -0.39 is 38.1 Å². The van der Waals surface area contributed by atoms with Crippen molar-refractivity contribution in [3.8, 4) is 0 Å². The molecular formula is C18H27NO6S2. The second kappa shape index (κ2) is 9.16. The summed E-state index contributed by atoms with van der Waals surface area (Å²) in [5.74, 6) is -2.27. The molecule has 0 aliphatic carbocycles. The number of ether oxygens (including phenoxy) is 2. The summed E-state index contributed by atoms with van der Waals surface area (Å²) in [5.41, 5.74) is 0. The van der Waals surface area contributed by atoms with Gasteiger partial charge in [0.25, 0.3) is 0 Å². The first-order chi connectivity index (χ1) is 12.7. The summed E-state index contributed by atoms with van der Waals surface area (Å²) in [5, 5.41) is 1.87. The van der Waals surface area contributed by atoms with Gasteiger partial charge in [0, 0.05) is 18.0 Å². The number of thiophene rings is 1. The van der Waals surface area contributed by atoms with Crippen LogP contribution in [-0.2, 0) is 35.3 Å². The maximum Gasteiger partial charge on any atom is 0.310 e. The van der Waals surface area contributed by atoms with Gasteiger partial charge in [-0.15, -0.1) is 11.3 Å². The predicted octanol–water partition coefficient (Wildman–Crippen LogP) is 1.52. The van der Waals surface area contributed by atoms with Crippen molar-refractivity contribution in [3.05, 3.63) is 22.4 Å². The van der Waals surface area contributed by atoms with Crippen molar-refractivity contribution >= 4 is 33.1 Å². The summed E-state index contributed by atoms with van der Waals surface area (Å²) in [6, 6.07) is 3.70. The average molecular weight is 418 g/mol. The molecule has 1 aliphatic rings. The maximum atomic E-state index is 13.1. The number of carbonyl (C=O) groups is 2. The van der Waals surface area contributed by atoms with Crippen LogP contribution >= 0.6 is 11.3 Å². The highest BCUT2D eigenvalue weighted by atomic mass is 32.2. The summed E-state index contributed by atoms with van der Waals surface area (Å²) in [6.07, 6.45) is 0.275. The largest absolute Gasteiger partial charge is 0.466 e. The van der Waals surface area contributed by atoms with Gasteiger partial charge < -0.3 is 14.4 Å². The molecule has 1 saturated heterocycles. The van der Waals surface area contributed by atoms with Gasteiger partial charge in [-0.2, -0.15) is 0 Å². The van der Waals surface area contributed by atoms with E-state index in [0.717, 1.165) is 4.88 Å². The lowest BCUT2D eigenvalue weighted by atomic mass is 10.1. The van der Waals surface area contributed by atoms with Crippen molar-refractivity contribution in [1.29, 1.82) is 0 Å². The first-order valence-corrected chi connectivity index (χ1v) is 11.5. The second-order valence-corrected chi connectivity index (χ2v) is 10.5. The highest BCUT2D eigenvalue weighted by Gasteiger charge is 2.46. The molecule has 152 valence electrons. The van der Waals surface area contributed by atoms with Gasteiger partial charge >= 0.3 is 5.97 Å². The number of esters is 1. The molecule has 1 atom stereocenters. The molecule has 1 fully saturated rings. The highest BCUT2D eigenvalue weighted by Crippen LogP contribution is 2.26. The van der Waals surface area contributed by atoms with E-state index in [2.05, 4.69) is 0 Å². The zero-order valence-corrected chi connectivity index (χ0v) is 17.6. The van der Waals surface area contributed by atoms with Crippen molar-refractivity contribution in [2.45, 2.75) is 31.9 Å². The SMILES string of the molecule is CCOC(=O)C(Cc1cccs1)CS(=O)(=O)C(C)(C)C(=O)N1CCOCC1. The Labute approximate surface area is 164 Å². The first-order valence-electron chi connectivity index (χ1n) is 8.97. The van der Waals surface area contributed by atoms with E-state index >= 15 is 0 Å². The molecule has 1 aromatic heterocycles. The Kier molecular flexibility index (Phi) is 7.41. The molecule has 9 heteroatoms. The van der Waals surface area contributed by atoms with Crippen LogP contribution in [0.3, 0.4) is 0 Å². The molecule has 0 saturated carbocycles. The number of sulfone groups is 1. The summed E-state index contributed by atoms with van der Waals surface area (Å²) in [6.45, 7) is 6.21. The van der Waals surface area contributed by atoms with E-state index in [-0.39, 0.29) is 13.0 Å². The lowest BCUT2D eigenvalue weighted by Gasteiger charge is -2.34. The van der Waals surface area contributed by atoms with Crippen molar-refractivity contribution in [3.63, 3.8) is 0 Å².